The monoisotopic (exact) mass is 271 g/mol. The van der Waals surface area contributed by atoms with Crippen molar-refractivity contribution in [1.29, 1.82) is 0 Å². The number of carbonyl (C=O) groups excluding carboxylic acids is 2. The fourth-order valence-corrected chi connectivity index (χ4v) is 2.28. The van der Waals surface area contributed by atoms with Gasteiger partial charge < -0.3 is 9.84 Å². The van der Waals surface area contributed by atoms with E-state index in [9.17, 15) is 14.7 Å². The Morgan fingerprint density at radius 3 is 2.37 bits per heavy atom. The number of ether oxygens (including phenoxy) is 1. The Morgan fingerprint density at radius 1 is 1.42 bits per heavy atom. The summed E-state index contributed by atoms with van der Waals surface area (Å²) in [7, 11) is 0. The van der Waals surface area contributed by atoms with Gasteiger partial charge in [0.25, 0.3) is 0 Å². The lowest BCUT2D eigenvalue weighted by atomic mass is 9.96. The van der Waals surface area contributed by atoms with E-state index in [1.165, 1.54) is 0 Å². The van der Waals surface area contributed by atoms with E-state index in [-0.39, 0.29) is 11.8 Å². The predicted molar refractivity (Wildman–Crippen MR) is 71.5 cm³/mol. The maximum atomic E-state index is 12.1. The lowest BCUT2D eigenvalue weighted by Crippen LogP contribution is -2.44. The van der Waals surface area contributed by atoms with Crippen LogP contribution in [0.15, 0.2) is 0 Å². The minimum atomic E-state index is -0.817. The molecule has 1 heterocycles. The molecule has 1 fully saturated rings. The standard InChI is InChI=1S/C14H25NO4/c1-8(2)7-10-11(16)9(3)12(17)15(10)13(18)19-14(4,5)6/h8-11,16H,7H2,1-6H3/t9-,10-,11-/m0/s1. The highest BCUT2D eigenvalue weighted by atomic mass is 16.6. The van der Waals surface area contributed by atoms with Gasteiger partial charge in [0.05, 0.1) is 18.1 Å². The van der Waals surface area contributed by atoms with Crippen molar-refractivity contribution in [1.82, 2.24) is 4.90 Å². The zero-order valence-corrected chi connectivity index (χ0v) is 12.6. The second-order valence-corrected chi connectivity index (χ2v) is 6.66. The molecule has 5 heteroatoms. The molecule has 1 aliphatic heterocycles. The van der Waals surface area contributed by atoms with Crippen LogP contribution >= 0.6 is 0 Å². The molecule has 2 amide bonds. The van der Waals surface area contributed by atoms with E-state index in [1.54, 1.807) is 27.7 Å². The zero-order chi connectivity index (χ0) is 15.0. The van der Waals surface area contributed by atoms with Gasteiger partial charge in [0.1, 0.15) is 5.60 Å². The summed E-state index contributed by atoms with van der Waals surface area (Å²) in [6.07, 6.45) is -0.898. The molecule has 5 nitrogen and oxygen atoms in total. The molecule has 0 radical (unpaired) electrons. The predicted octanol–water partition coefficient (Wildman–Crippen LogP) is 2.18. The number of hydrogen-bond donors (Lipinski definition) is 1. The third kappa shape index (κ3) is 3.69. The summed E-state index contributed by atoms with van der Waals surface area (Å²) in [4.78, 5) is 25.3. The fraction of sp³-hybridized carbons (Fsp3) is 0.857. The normalized spacial score (nSPS) is 28.1. The molecule has 0 aromatic rings. The summed E-state index contributed by atoms with van der Waals surface area (Å²) in [5, 5.41) is 10.1. The average molecular weight is 271 g/mol. The van der Waals surface area contributed by atoms with Crippen LogP contribution in [0.4, 0.5) is 4.79 Å². The number of aliphatic hydroxyl groups excluding tert-OH is 1. The van der Waals surface area contributed by atoms with Gasteiger partial charge in [-0.15, -0.1) is 0 Å². The maximum absolute atomic E-state index is 12.1. The van der Waals surface area contributed by atoms with Crippen molar-refractivity contribution in [2.75, 3.05) is 0 Å². The summed E-state index contributed by atoms with van der Waals surface area (Å²) < 4.78 is 5.26. The summed E-state index contributed by atoms with van der Waals surface area (Å²) in [6.45, 7) is 10.9. The molecule has 0 aromatic carbocycles. The zero-order valence-electron chi connectivity index (χ0n) is 12.6. The van der Waals surface area contributed by atoms with Crippen LogP contribution in [0.25, 0.3) is 0 Å². The Morgan fingerprint density at radius 2 is 1.95 bits per heavy atom. The molecule has 0 aliphatic carbocycles. The second-order valence-electron chi connectivity index (χ2n) is 6.66. The molecule has 0 spiro atoms. The SMILES string of the molecule is CC(C)C[C@H]1[C@@H](O)[C@H](C)C(=O)N1C(=O)OC(C)(C)C. The molecule has 1 rings (SSSR count). The molecule has 1 aliphatic rings. The fourth-order valence-electron chi connectivity index (χ4n) is 2.28. The van der Waals surface area contributed by atoms with Gasteiger partial charge in [-0.2, -0.15) is 0 Å². The van der Waals surface area contributed by atoms with Gasteiger partial charge in [0.2, 0.25) is 5.91 Å². The molecule has 0 aromatic heterocycles. The highest BCUT2D eigenvalue weighted by Crippen LogP contribution is 2.30. The molecule has 0 unspecified atom stereocenters. The molecule has 3 atom stereocenters. The highest BCUT2D eigenvalue weighted by molar-refractivity contribution is 5.96. The van der Waals surface area contributed by atoms with Gasteiger partial charge in [-0.3, -0.25) is 4.79 Å². The lowest BCUT2D eigenvalue weighted by molar-refractivity contribution is -0.131. The van der Waals surface area contributed by atoms with Crippen LogP contribution in [-0.4, -0.2) is 39.8 Å². The molecule has 110 valence electrons. The number of carbonyl (C=O) groups is 2. The third-order valence-corrected chi connectivity index (χ3v) is 3.17. The lowest BCUT2D eigenvalue weighted by Gasteiger charge is -2.28. The Bertz CT molecular complexity index is 359. The van der Waals surface area contributed by atoms with Crippen molar-refractivity contribution in [2.45, 2.75) is 65.7 Å². The first-order valence-electron chi connectivity index (χ1n) is 6.78. The molecule has 1 N–H and O–H groups in total. The molecule has 1 saturated heterocycles. The van der Waals surface area contributed by atoms with Crippen LogP contribution in [0.5, 0.6) is 0 Å². The number of rotatable bonds is 2. The van der Waals surface area contributed by atoms with Crippen molar-refractivity contribution in [3.05, 3.63) is 0 Å². The third-order valence-electron chi connectivity index (χ3n) is 3.17. The van der Waals surface area contributed by atoms with Crippen molar-refractivity contribution >= 4 is 12.0 Å². The summed E-state index contributed by atoms with van der Waals surface area (Å²) in [5.41, 5.74) is -0.656. The van der Waals surface area contributed by atoms with Gasteiger partial charge in [-0.25, -0.2) is 9.69 Å². The quantitative estimate of drug-likeness (QED) is 0.836. The first kappa shape index (κ1) is 16.0. The van der Waals surface area contributed by atoms with Gasteiger partial charge in [-0.05, 0) is 33.1 Å². The van der Waals surface area contributed by atoms with E-state index in [0.29, 0.717) is 6.42 Å². The average Bonchev–Trinajstić information content (AvgIpc) is 2.40. The Hall–Kier alpha value is -1.10. The van der Waals surface area contributed by atoms with E-state index >= 15 is 0 Å². The van der Waals surface area contributed by atoms with E-state index in [1.807, 2.05) is 13.8 Å². The summed E-state index contributed by atoms with van der Waals surface area (Å²) in [5.74, 6) is -0.633. The minimum absolute atomic E-state index is 0.280. The molecule has 19 heavy (non-hydrogen) atoms. The summed E-state index contributed by atoms with van der Waals surface area (Å²) in [6, 6.07) is -0.489. The van der Waals surface area contributed by atoms with Crippen molar-refractivity contribution in [2.24, 2.45) is 11.8 Å². The smallest absolute Gasteiger partial charge is 0.417 e. The topological polar surface area (TPSA) is 66.8 Å². The van der Waals surface area contributed by atoms with Crippen LogP contribution in [0.1, 0.15) is 48.0 Å². The highest BCUT2D eigenvalue weighted by Gasteiger charge is 2.49. The first-order valence-corrected chi connectivity index (χ1v) is 6.78. The van der Waals surface area contributed by atoms with E-state index < -0.39 is 29.8 Å². The number of imide groups is 1. The number of hydrogen-bond acceptors (Lipinski definition) is 4. The Kier molecular flexibility index (Phi) is 4.61. The van der Waals surface area contributed by atoms with Crippen LogP contribution in [0, 0.1) is 11.8 Å². The Balaban J connectivity index is 2.93. The van der Waals surface area contributed by atoms with E-state index in [4.69, 9.17) is 4.74 Å². The largest absolute Gasteiger partial charge is 0.443 e. The van der Waals surface area contributed by atoms with Gasteiger partial charge in [-0.1, -0.05) is 20.8 Å². The van der Waals surface area contributed by atoms with Gasteiger partial charge in [0, 0.05) is 0 Å². The van der Waals surface area contributed by atoms with Gasteiger partial charge in [0.15, 0.2) is 0 Å². The van der Waals surface area contributed by atoms with E-state index in [2.05, 4.69) is 0 Å². The van der Waals surface area contributed by atoms with Crippen LogP contribution in [-0.2, 0) is 9.53 Å². The number of amides is 2. The minimum Gasteiger partial charge on any atom is -0.443 e. The number of nitrogens with zero attached hydrogens (tertiary/aromatic N) is 1. The molecule has 0 saturated carbocycles. The van der Waals surface area contributed by atoms with Crippen molar-refractivity contribution in [3.8, 4) is 0 Å². The molecular formula is C14H25NO4. The van der Waals surface area contributed by atoms with Crippen LogP contribution < -0.4 is 0 Å². The second kappa shape index (κ2) is 5.49. The number of likely N-dealkylation sites (tertiary alicyclic amines) is 1. The van der Waals surface area contributed by atoms with Crippen LogP contribution in [0.2, 0.25) is 0 Å². The van der Waals surface area contributed by atoms with E-state index in [0.717, 1.165) is 4.90 Å². The van der Waals surface area contributed by atoms with Crippen molar-refractivity contribution < 1.29 is 19.4 Å². The number of aliphatic hydroxyl groups is 1. The summed E-state index contributed by atoms with van der Waals surface area (Å²) >= 11 is 0. The van der Waals surface area contributed by atoms with Crippen molar-refractivity contribution in [3.63, 3.8) is 0 Å². The Labute approximate surface area is 114 Å². The molecule has 0 bridgehead atoms. The first-order chi connectivity index (χ1) is 8.54. The van der Waals surface area contributed by atoms with Gasteiger partial charge >= 0.3 is 6.09 Å². The molecular weight excluding hydrogens is 246 g/mol. The van der Waals surface area contributed by atoms with Crippen LogP contribution in [0.3, 0.4) is 0 Å². The maximum Gasteiger partial charge on any atom is 0.417 e.